The molecule has 2 aromatic rings. The van der Waals surface area contributed by atoms with Gasteiger partial charge < -0.3 is 18.9 Å². The Morgan fingerprint density at radius 3 is 2.42 bits per heavy atom. The molecule has 8 heteroatoms. The van der Waals surface area contributed by atoms with E-state index in [1.807, 2.05) is 20.8 Å². The van der Waals surface area contributed by atoms with Gasteiger partial charge in [-0.3, -0.25) is 4.18 Å². The van der Waals surface area contributed by atoms with E-state index in [9.17, 15) is 8.42 Å². The molecule has 3 aliphatic rings. The summed E-state index contributed by atoms with van der Waals surface area (Å²) in [6, 6.07) is 13.4. The maximum atomic E-state index is 13.3. The molecular weight excluding hydrogens is 564 g/mol. The van der Waals surface area contributed by atoms with Crippen molar-refractivity contribution in [1.82, 2.24) is 0 Å². The highest BCUT2D eigenvalue weighted by Gasteiger charge is 2.58. The second-order valence-electron chi connectivity index (χ2n) is 14.0. The molecule has 4 unspecified atom stereocenters. The number of hydrogen-bond acceptors (Lipinski definition) is 7. The van der Waals surface area contributed by atoms with Gasteiger partial charge in [-0.05, 0) is 130 Å². The summed E-state index contributed by atoms with van der Waals surface area (Å²) in [5.74, 6) is 2.88. The van der Waals surface area contributed by atoms with Crippen molar-refractivity contribution in [3.8, 4) is 5.75 Å². The van der Waals surface area contributed by atoms with Crippen LogP contribution in [0, 0.1) is 36.0 Å². The zero-order chi connectivity index (χ0) is 31.0. The largest absolute Gasteiger partial charge is 0.468 e. The molecule has 0 radical (unpaired) electrons. The van der Waals surface area contributed by atoms with Crippen LogP contribution in [0.25, 0.3) is 0 Å². The van der Waals surface area contributed by atoms with Gasteiger partial charge in [0.25, 0.3) is 10.1 Å². The fourth-order valence-electron chi connectivity index (χ4n) is 8.85. The van der Waals surface area contributed by atoms with Crippen molar-refractivity contribution in [2.75, 3.05) is 27.8 Å². The number of aryl methyl sites for hydroxylation is 1. The van der Waals surface area contributed by atoms with Crippen LogP contribution in [0.3, 0.4) is 0 Å². The molecule has 0 aliphatic heterocycles. The fraction of sp³-hybridized carbons (Fsp3) is 0.657. The highest BCUT2D eigenvalue weighted by Crippen LogP contribution is 2.64. The molecule has 7 nitrogen and oxygen atoms in total. The van der Waals surface area contributed by atoms with Gasteiger partial charge in [0.2, 0.25) is 0 Å². The first kappa shape index (κ1) is 32.4. The first-order chi connectivity index (χ1) is 20.4. The van der Waals surface area contributed by atoms with Gasteiger partial charge in [-0.15, -0.1) is 0 Å². The number of methoxy groups -OCH3 is 2. The maximum absolute atomic E-state index is 13.3. The van der Waals surface area contributed by atoms with Crippen LogP contribution in [0.4, 0.5) is 0 Å². The molecule has 0 spiro atoms. The number of benzene rings is 2. The summed E-state index contributed by atoms with van der Waals surface area (Å²) in [5, 5.41) is 0. The van der Waals surface area contributed by atoms with E-state index in [1.54, 1.807) is 38.5 Å². The third-order valence-corrected chi connectivity index (χ3v) is 12.1. The van der Waals surface area contributed by atoms with Crippen LogP contribution in [-0.4, -0.2) is 47.9 Å². The minimum Gasteiger partial charge on any atom is -0.468 e. The van der Waals surface area contributed by atoms with Gasteiger partial charge in [-0.25, -0.2) is 0 Å². The predicted octanol–water partition coefficient (Wildman–Crippen LogP) is 7.26. The highest BCUT2D eigenvalue weighted by atomic mass is 32.2. The predicted molar refractivity (Wildman–Crippen MR) is 166 cm³/mol. The van der Waals surface area contributed by atoms with Crippen LogP contribution >= 0.6 is 0 Å². The van der Waals surface area contributed by atoms with Crippen molar-refractivity contribution >= 4 is 10.1 Å². The SMILES string of the molecule is COCOc1ccc2c(c1)C[C@@H](C(C)CC(C)(C)OS(=O)(=O)c1ccc(C)cc1)C1C2CC[C@@]2(C)C1CC[C@@H]2OCOC. The number of ether oxygens (including phenoxy) is 4. The normalized spacial score (nSPS) is 29.4. The van der Waals surface area contributed by atoms with E-state index in [2.05, 4.69) is 32.0 Å². The Kier molecular flexibility index (Phi) is 9.65. The average molecular weight is 615 g/mol. The van der Waals surface area contributed by atoms with Crippen LogP contribution in [0.2, 0.25) is 0 Å². The van der Waals surface area contributed by atoms with E-state index in [-0.39, 0.29) is 29.1 Å². The summed E-state index contributed by atoms with van der Waals surface area (Å²) in [7, 11) is -0.572. The standard InChI is InChI=1S/C35H50O7S/c1-23-8-11-27(12-9-23)43(36,37)42-34(3,4)20-24(2)30-19-25-18-26(40-21-38-6)10-13-28(25)29-16-17-35(5)31(33(29)30)14-15-32(35)41-22-39-7/h8-13,18,24,29-33H,14-17,19-22H2,1-7H3/t24?,29?,30-,31?,32-,33?,35-/m0/s1. The quantitative estimate of drug-likeness (QED) is 0.184. The Morgan fingerprint density at radius 1 is 1.00 bits per heavy atom. The zero-order valence-electron chi connectivity index (χ0n) is 26.9. The molecule has 5 rings (SSSR count). The lowest BCUT2D eigenvalue weighted by Gasteiger charge is -2.55. The Labute approximate surface area is 258 Å². The molecule has 0 heterocycles. The van der Waals surface area contributed by atoms with Crippen molar-refractivity contribution in [3.05, 3.63) is 59.2 Å². The summed E-state index contributed by atoms with van der Waals surface area (Å²) >= 11 is 0. The van der Waals surface area contributed by atoms with Crippen LogP contribution in [0.15, 0.2) is 47.4 Å². The molecule has 2 aromatic carbocycles. The average Bonchev–Trinajstić information content (AvgIpc) is 3.29. The minimum absolute atomic E-state index is 0.0947. The first-order valence-electron chi connectivity index (χ1n) is 15.8. The molecule has 0 amide bonds. The van der Waals surface area contributed by atoms with Gasteiger partial charge in [0.05, 0.1) is 16.6 Å². The lowest BCUT2D eigenvalue weighted by atomic mass is 9.50. The molecule has 2 saturated carbocycles. The van der Waals surface area contributed by atoms with Crippen LogP contribution < -0.4 is 4.74 Å². The maximum Gasteiger partial charge on any atom is 0.297 e. The third-order valence-electron chi connectivity index (χ3n) is 10.6. The van der Waals surface area contributed by atoms with Crippen molar-refractivity contribution < 1.29 is 31.5 Å². The van der Waals surface area contributed by atoms with Gasteiger partial charge in [-0.2, -0.15) is 8.42 Å². The lowest BCUT2D eigenvalue weighted by molar-refractivity contribution is -0.130. The van der Waals surface area contributed by atoms with Gasteiger partial charge >= 0.3 is 0 Å². The van der Waals surface area contributed by atoms with Crippen molar-refractivity contribution in [3.63, 3.8) is 0 Å². The monoisotopic (exact) mass is 614 g/mol. The number of rotatable bonds is 12. The van der Waals surface area contributed by atoms with Crippen LogP contribution in [0.5, 0.6) is 5.75 Å². The molecule has 0 saturated heterocycles. The number of hydrogen-bond donors (Lipinski definition) is 0. The molecule has 0 aromatic heterocycles. The molecular formula is C35H50O7S. The lowest BCUT2D eigenvalue weighted by Crippen LogP contribution is -2.49. The Bertz CT molecular complexity index is 1350. The van der Waals surface area contributed by atoms with E-state index < -0.39 is 15.7 Å². The van der Waals surface area contributed by atoms with Crippen LogP contribution in [0.1, 0.15) is 82.4 Å². The highest BCUT2D eigenvalue weighted by molar-refractivity contribution is 7.86. The molecule has 2 fully saturated rings. The molecule has 0 bridgehead atoms. The summed E-state index contributed by atoms with van der Waals surface area (Å²) in [6.45, 7) is 11.0. The molecule has 7 atom stereocenters. The van der Waals surface area contributed by atoms with Crippen molar-refractivity contribution in [1.29, 1.82) is 0 Å². The number of fused-ring (bicyclic) bond motifs is 5. The topological polar surface area (TPSA) is 80.3 Å². The summed E-state index contributed by atoms with van der Waals surface area (Å²) in [4.78, 5) is 0.199. The zero-order valence-corrected chi connectivity index (χ0v) is 27.7. The van der Waals surface area contributed by atoms with E-state index in [4.69, 9.17) is 23.1 Å². The third kappa shape index (κ3) is 6.69. The summed E-state index contributed by atoms with van der Waals surface area (Å²) < 4.78 is 55.1. The second-order valence-corrected chi connectivity index (χ2v) is 15.6. The Hall–Kier alpha value is -1.97. The van der Waals surface area contributed by atoms with E-state index in [0.717, 1.165) is 43.4 Å². The Morgan fingerprint density at radius 2 is 1.72 bits per heavy atom. The first-order valence-corrected chi connectivity index (χ1v) is 17.2. The smallest absolute Gasteiger partial charge is 0.297 e. The fourth-order valence-corrected chi connectivity index (χ4v) is 10.1. The van der Waals surface area contributed by atoms with Crippen molar-refractivity contribution in [2.45, 2.75) is 95.7 Å². The van der Waals surface area contributed by atoms with Gasteiger partial charge in [0, 0.05) is 14.2 Å². The Balaban J connectivity index is 1.44. The summed E-state index contributed by atoms with van der Waals surface area (Å²) in [6.07, 6.45) is 6.18. The summed E-state index contributed by atoms with van der Waals surface area (Å²) in [5.41, 5.74) is 3.03. The van der Waals surface area contributed by atoms with Gasteiger partial charge in [0.15, 0.2) is 6.79 Å². The van der Waals surface area contributed by atoms with E-state index in [1.165, 1.54) is 11.1 Å². The molecule has 0 N–H and O–H groups in total. The van der Waals surface area contributed by atoms with E-state index in [0.29, 0.717) is 36.9 Å². The molecule has 3 aliphatic carbocycles. The molecule has 43 heavy (non-hydrogen) atoms. The van der Waals surface area contributed by atoms with Gasteiger partial charge in [0.1, 0.15) is 12.5 Å². The molecule has 238 valence electrons. The van der Waals surface area contributed by atoms with Crippen LogP contribution in [-0.2, 0) is 34.9 Å². The van der Waals surface area contributed by atoms with Crippen molar-refractivity contribution in [2.24, 2.45) is 29.1 Å². The minimum atomic E-state index is -3.89. The van der Waals surface area contributed by atoms with E-state index >= 15 is 0 Å². The second kappa shape index (κ2) is 12.8. The van der Waals surface area contributed by atoms with Gasteiger partial charge in [-0.1, -0.05) is 37.6 Å².